The summed E-state index contributed by atoms with van der Waals surface area (Å²) in [6.07, 6.45) is 9.24. The number of amides is 1. The van der Waals surface area contributed by atoms with Gasteiger partial charge in [0.25, 0.3) is 0 Å². The number of nitrogens with zero attached hydrogens (tertiary/aromatic N) is 2. The standard InChI is InChI=1S/C21H34N2O2/c1-15-8-19(15)20(24)22-13-21(14-22)9-18(12-25-11-17-4-5-17)6-7-23(21)10-16-2-3-16/h15-19H,2-14H2,1H3/t15-,18-,19+/m1/s1. The highest BCUT2D eigenvalue weighted by molar-refractivity contribution is 5.82. The minimum atomic E-state index is 0.280. The van der Waals surface area contributed by atoms with Crippen molar-refractivity contribution in [3.63, 3.8) is 0 Å². The first-order chi connectivity index (χ1) is 12.1. The molecular formula is C21H34N2O2. The third-order valence-corrected chi connectivity index (χ3v) is 7.43. The van der Waals surface area contributed by atoms with Crippen LogP contribution in [0.15, 0.2) is 0 Å². The predicted octanol–water partition coefficient (Wildman–Crippen LogP) is 2.77. The number of hydrogen-bond acceptors (Lipinski definition) is 3. The van der Waals surface area contributed by atoms with Crippen LogP contribution >= 0.6 is 0 Å². The number of carbonyl (C=O) groups excluding carboxylic acids is 1. The lowest BCUT2D eigenvalue weighted by molar-refractivity contribution is -0.155. The smallest absolute Gasteiger partial charge is 0.226 e. The fourth-order valence-corrected chi connectivity index (χ4v) is 5.12. The van der Waals surface area contributed by atoms with E-state index in [2.05, 4.69) is 16.7 Å². The van der Waals surface area contributed by atoms with Gasteiger partial charge < -0.3 is 9.64 Å². The van der Waals surface area contributed by atoms with E-state index in [-0.39, 0.29) is 5.54 Å². The molecule has 0 aromatic rings. The molecule has 5 aliphatic rings. The molecule has 4 heteroatoms. The molecule has 4 nitrogen and oxygen atoms in total. The van der Waals surface area contributed by atoms with Gasteiger partial charge in [-0.1, -0.05) is 6.92 Å². The average molecular weight is 347 g/mol. The molecule has 0 N–H and O–H groups in total. The molecule has 140 valence electrons. The van der Waals surface area contributed by atoms with Crippen molar-refractivity contribution in [1.82, 2.24) is 9.80 Å². The van der Waals surface area contributed by atoms with Crippen LogP contribution in [0.1, 0.15) is 51.9 Å². The van der Waals surface area contributed by atoms with E-state index >= 15 is 0 Å². The summed E-state index contributed by atoms with van der Waals surface area (Å²) in [6, 6.07) is 0. The Hall–Kier alpha value is -0.610. The second-order valence-electron chi connectivity index (χ2n) is 9.97. The summed E-state index contributed by atoms with van der Waals surface area (Å²) in [5, 5.41) is 0. The zero-order valence-corrected chi connectivity index (χ0v) is 15.8. The molecule has 0 aromatic carbocycles. The number of ether oxygens (including phenoxy) is 1. The zero-order chi connectivity index (χ0) is 17.0. The Morgan fingerprint density at radius 1 is 1.04 bits per heavy atom. The molecule has 3 saturated carbocycles. The van der Waals surface area contributed by atoms with Crippen LogP contribution in [0.25, 0.3) is 0 Å². The molecule has 25 heavy (non-hydrogen) atoms. The number of likely N-dealkylation sites (tertiary alicyclic amines) is 2. The third-order valence-electron chi connectivity index (χ3n) is 7.43. The first-order valence-electron chi connectivity index (χ1n) is 10.7. The highest BCUT2D eigenvalue weighted by Gasteiger charge is 2.55. The van der Waals surface area contributed by atoms with E-state index in [0.29, 0.717) is 23.7 Å². The van der Waals surface area contributed by atoms with Gasteiger partial charge in [-0.05, 0) is 75.2 Å². The lowest BCUT2D eigenvalue weighted by atomic mass is 9.74. The maximum Gasteiger partial charge on any atom is 0.226 e. The van der Waals surface area contributed by atoms with Crippen LogP contribution in [0.3, 0.4) is 0 Å². The first kappa shape index (κ1) is 16.6. The highest BCUT2D eigenvalue weighted by Crippen LogP contribution is 2.46. The van der Waals surface area contributed by atoms with E-state index in [0.717, 1.165) is 44.6 Å². The van der Waals surface area contributed by atoms with Crippen molar-refractivity contribution in [2.24, 2.45) is 29.6 Å². The summed E-state index contributed by atoms with van der Waals surface area (Å²) in [7, 11) is 0. The zero-order valence-electron chi connectivity index (χ0n) is 15.8. The van der Waals surface area contributed by atoms with Gasteiger partial charge in [0.2, 0.25) is 5.91 Å². The lowest BCUT2D eigenvalue weighted by Crippen LogP contribution is -2.73. The summed E-state index contributed by atoms with van der Waals surface area (Å²) in [5.41, 5.74) is 0.280. The Morgan fingerprint density at radius 3 is 2.36 bits per heavy atom. The number of carbonyl (C=O) groups is 1. The maximum absolute atomic E-state index is 12.6. The summed E-state index contributed by atoms with van der Waals surface area (Å²) in [4.78, 5) is 17.5. The number of hydrogen-bond donors (Lipinski definition) is 0. The fraction of sp³-hybridized carbons (Fsp3) is 0.952. The van der Waals surface area contributed by atoms with Gasteiger partial charge in [0.15, 0.2) is 0 Å². The largest absolute Gasteiger partial charge is 0.381 e. The van der Waals surface area contributed by atoms with Crippen molar-refractivity contribution in [2.45, 2.75) is 57.4 Å². The molecule has 0 unspecified atom stereocenters. The highest BCUT2D eigenvalue weighted by atomic mass is 16.5. The SMILES string of the molecule is C[C@@H]1C[C@@H]1C(=O)N1CC2(C[C@H](COCC3CC3)CCN2CC2CC2)C1. The van der Waals surface area contributed by atoms with Gasteiger partial charge in [-0.15, -0.1) is 0 Å². The summed E-state index contributed by atoms with van der Waals surface area (Å²) in [6.45, 7) is 8.61. The molecule has 0 aromatic heterocycles. The molecule has 0 radical (unpaired) electrons. The summed E-state index contributed by atoms with van der Waals surface area (Å²) in [5.74, 6) is 3.91. The van der Waals surface area contributed by atoms with Crippen molar-refractivity contribution in [1.29, 1.82) is 0 Å². The second-order valence-corrected chi connectivity index (χ2v) is 9.97. The molecule has 1 amide bonds. The second kappa shape index (κ2) is 6.23. The van der Waals surface area contributed by atoms with Gasteiger partial charge >= 0.3 is 0 Å². The lowest BCUT2D eigenvalue weighted by Gasteiger charge is -2.60. The topological polar surface area (TPSA) is 32.8 Å². The van der Waals surface area contributed by atoms with Crippen LogP contribution in [-0.4, -0.2) is 60.6 Å². The average Bonchev–Trinajstić information content (AvgIpc) is 3.38. The van der Waals surface area contributed by atoms with Crippen LogP contribution < -0.4 is 0 Å². The van der Waals surface area contributed by atoms with E-state index in [1.54, 1.807) is 0 Å². The van der Waals surface area contributed by atoms with E-state index in [4.69, 9.17) is 4.74 Å². The van der Waals surface area contributed by atoms with Crippen LogP contribution in [0, 0.1) is 29.6 Å². The van der Waals surface area contributed by atoms with Gasteiger partial charge in [-0.3, -0.25) is 9.69 Å². The molecule has 3 aliphatic carbocycles. The number of piperidine rings is 1. The molecule has 2 aliphatic heterocycles. The molecule has 5 rings (SSSR count). The Morgan fingerprint density at radius 2 is 1.72 bits per heavy atom. The van der Waals surface area contributed by atoms with E-state index < -0.39 is 0 Å². The van der Waals surface area contributed by atoms with Gasteiger partial charge in [-0.25, -0.2) is 0 Å². The predicted molar refractivity (Wildman–Crippen MR) is 97.1 cm³/mol. The summed E-state index contributed by atoms with van der Waals surface area (Å²) >= 11 is 0. The normalized spacial score (nSPS) is 37.2. The molecule has 3 atom stereocenters. The van der Waals surface area contributed by atoms with Crippen molar-refractivity contribution >= 4 is 5.91 Å². The first-order valence-corrected chi connectivity index (χ1v) is 10.7. The Kier molecular flexibility index (Phi) is 4.12. The number of rotatable bonds is 7. The van der Waals surface area contributed by atoms with Crippen LogP contribution in [0.5, 0.6) is 0 Å². The molecule has 2 heterocycles. The minimum Gasteiger partial charge on any atom is -0.381 e. The van der Waals surface area contributed by atoms with Crippen LogP contribution in [0.4, 0.5) is 0 Å². The Labute approximate surface area is 152 Å². The van der Waals surface area contributed by atoms with Crippen LogP contribution in [-0.2, 0) is 9.53 Å². The van der Waals surface area contributed by atoms with E-state index in [1.807, 2.05) is 0 Å². The van der Waals surface area contributed by atoms with Gasteiger partial charge in [-0.2, -0.15) is 0 Å². The van der Waals surface area contributed by atoms with Gasteiger partial charge in [0.1, 0.15) is 0 Å². The molecule has 2 saturated heterocycles. The molecule has 5 fully saturated rings. The van der Waals surface area contributed by atoms with Crippen molar-refractivity contribution in [3.05, 3.63) is 0 Å². The quantitative estimate of drug-likeness (QED) is 0.711. The van der Waals surface area contributed by atoms with Crippen molar-refractivity contribution < 1.29 is 9.53 Å². The monoisotopic (exact) mass is 346 g/mol. The van der Waals surface area contributed by atoms with Crippen molar-refractivity contribution in [3.8, 4) is 0 Å². The van der Waals surface area contributed by atoms with Gasteiger partial charge in [0, 0.05) is 38.8 Å². The van der Waals surface area contributed by atoms with E-state index in [9.17, 15) is 4.79 Å². The molecular weight excluding hydrogens is 312 g/mol. The van der Waals surface area contributed by atoms with Crippen LogP contribution in [0.2, 0.25) is 0 Å². The molecule has 0 bridgehead atoms. The molecule has 1 spiro atoms. The van der Waals surface area contributed by atoms with Gasteiger partial charge in [0.05, 0.1) is 5.54 Å². The summed E-state index contributed by atoms with van der Waals surface area (Å²) < 4.78 is 6.03. The fourth-order valence-electron chi connectivity index (χ4n) is 5.12. The van der Waals surface area contributed by atoms with Crippen molar-refractivity contribution in [2.75, 3.05) is 39.4 Å². The third kappa shape index (κ3) is 3.49. The van der Waals surface area contributed by atoms with E-state index in [1.165, 1.54) is 51.6 Å². The maximum atomic E-state index is 12.6. The Balaban J connectivity index is 1.18. The Bertz CT molecular complexity index is 522. The minimum absolute atomic E-state index is 0.280.